The number of aromatic nitrogens is 2. The van der Waals surface area contributed by atoms with Crippen molar-refractivity contribution in [3.8, 4) is 0 Å². The molecule has 0 atom stereocenters. The SMILES string of the molecule is Cc1cn(CC2CCC(F)(F)CC2)nc1Cl. The molecule has 0 spiro atoms. The fraction of sp³-hybridized carbons (Fsp3) is 0.727. The first-order chi connectivity index (χ1) is 7.46. The van der Waals surface area contributed by atoms with E-state index in [4.69, 9.17) is 11.6 Å². The molecule has 5 heteroatoms. The molecular formula is C11H15ClF2N2. The maximum Gasteiger partial charge on any atom is 0.248 e. The van der Waals surface area contributed by atoms with Gasteiger partial charge in [0.25, 0.3) is 0 Å². The molecule has 90 valence electrons. The van der Waals surface area contributed by atoms with Gasteiger partial charge in [0.05, 0.1) is 0 Å². The van der Waals surface area contributed by atoms with Crippen LogP contribution in [0.4, 0.5) is 8.78 Å². The molecule has 1 fully saturated rings. The topological polar surface area (TPSA) is 17.8 Å². The average molecular weight is 249 g/mol. The van der Waals surface area contributed by atoms with E-state index in [-0.39, 0.29) is 12.8 Å². The summed E-state index contributed by atoms with van der Waals surface area (Å²) in [6.07, 6.45) is 3.03. The second-order valence-corrected chi connectivity index (χ2v) is 4.98. The van der Waals surface area contributed by atoms with Gasteiger partial charge in [-0.05, 0) is 25.7 Å². The Morgan fingerprint density at radius 1 is 1.50 bits per heavy atom. The van der Waals surface area contributed by atoms with E-state index < -0.39 is 5.92 Å². The van der Waals surface area contributed by atoms with Crippen LogP contribution in [-0.2, 0) is 6.54 Å². The van der Waals surface area contributed by atoms with Crippen molar-refractivity contribution in [2.45, 2.75) is 45.1 Å². The molecule has 0 saturated heterocycles. The number of hydrogen-bond acceptors (Lipinski definition) is 1. The molecule has 1 saturated carbocycles. The molecule has 2 nitrogen and oxygen atoms in total. The quantitative estimate of drug-likeness (QED) is 0.781. The predicted molar refractivity (Wildman–Crippen MR) is 58.9 cm³/mol. The van der Waals surface area contributed by atoms with Crippen LogP contribution in [0, 0.1) is 12.8 Å². The van der Waals surface area contributed by atoms with Crippen LogP contribution in [0.2, 0.25) is 5.15 Å². The summed E-state index contributed by atoms with van der Waals surface area (Å²) in [5.41, 5.74) is 0.933. The number of nitrogens with zero attached hydrogens (tertiary/aromatic N) is 2. The van der Waals surface area contributed by atoms with E-state index in [1.807, 2.05) is 13.1 Å². The zero-order valence-electron chi connectivity index (χ0n) is 9.22. The normalized spacial score (nSPS) is 21.2. The Balaban J connectivity index is 1.92. The predicted octanol–water partition coefficient (Wildman–Crippen LogP) is 3.67. The monoisotopic (exact) mass is 248 g/mol. The summed E-state index contributed by atoms with van der Waals surface area (Å²) >= 11 is 5.84. The van der Waals surface area contributed by atoms with E-state index in [2.05, 4.69) is 5.10 Å². The maximum atomic E-state index is 12.9. The molecule has 1 aliphatic rings. The van der Waals surface area contributed by atoms with E-state index in [1.54, 1.807) is 4.68 Å². The van der Waals surface area contributed by atoms with E-state index in [0.29, 0.717) is 30.5 Å². The molecule has 0 unspecified atom stereocenters. The third-order valence-electron chi connectivity index (χ3n) is 3.17. The minimum Gasteiger partial charge on any atom is -0.271 e. The van der Waals surface area contributed by atoms with Gasteiger partial charge in [-0.2, -0.15) is 5.10 Å². The Morgan fingerprint density at radius 3 is 2.62 bits per heavy atom. The zero-order chi connectivity index (χ0) is 11.8. The number of rotatable bonds is 2. The standard InChI is InChI=1S/C11H15ClF2N2/c1-8-6-16(15-10(8)12)7-9-2-4-11(13,14)5-3-9/h6,9H,2-5,7H2,1H3. The van der Waals surface area contributed by atoms with Crippen LogP contribution < -0.4 is 0 Å². The highest BCUT2D eigenvalue weighted by molar-refractivity contribution is 6.30. The molecule has 0 radical (unpaired) electrons. The third-order valence-corrected chi connectivity index (χ3v) is 3.54. The second kappa shape index (κ2) is 4.32. The van der Waals surface area contributed by atoms with Gasteiger partial charge in [-0.1, -0.05) is 11.6 Å². The van der Waals surface area contributed by atoms with Crippen LogP contribution in [0.1, 0.15) is 31.2 Å². The third kappa shape index (κ3) is 2.73. The summed E-state index contributed by atoms with van der Waals surface area (Å²) in [6.45, 7) is 2.59. The summed E-state index contributed by atoms with van der Waals surface area (Å²) in [5.74, 6) is -2.15. The largest absolute Gasteiger partial charge is 0.271 e. The highest BCUT2D eigenvalue weighted by Gasteiger charge is 2.34. The number of aryl methyl sites for hydroxylation is 1. The molecule has 0 amide bonds. The number of halogens is 3. The van der Waals surface area contributed by atoms with E-state index in [1.165, 1.54) is 0 Å². The van der Waals surface area contributed by atoms with Gasteiger partial charge in [-0.15, -0.1) is 0 Å². The van der Waals surface area contributed by atoms with Crippen molar-refractivity contribution in [1.82, 2.24) is 9.78 Å². The molecule has 0 aliphatic heterocycles. The van der Waals surface area contributed by atoms with Crippen LogP contribution in [0.15, 0.2) is 6.20 Å². The van der Waals surface area contributed by atoms with Crippen LogP contribution in [-0.4, -0.2) is 15.7 Å². The Morgan fingerprint density at radius 2 is 2.12 bits per heavy atom. The van der Waals surface area contributed by atoms with Crippen LogP contribution in [0.3, 0.4) is 0 Å². The fourth-order valence-electron chi connectivity index (χ4n) is 2.14. The van der Waals surface area contributed by atoms with Crippen molar-refractivity contribution in [2.24, 2.45) is 5.92 Å². The van der Waals surface area contributed by atoms with E-state index >= 15 is 0 Å². The summed E-state index contributed by atoms with van der Waals surface area (Å²) in [7, 11) is 0. The first-order valence-electron chi connectivity index (χ1n) is 5.54. The second-order valence-electron chi connectivity index (χ2n) is 4.62. The Kier molecular flexibility index (Phi) is 3.19. The molecule has 0 bridgehead atoms. The summed E-state index contributed by atoms with van der Waals surface area (Å²) in [4.78, 5) is 0. The lowest BCUT2D eigenvalue weighted by molar-refractivity contribution is -0.0476. The lowest BCUT2D eigenvalue weighted by Crippen LogP contribution is -2.26. The highest BCUT2D eigenvalue weighted by atomic mass is 35.5. The highest BCUT2D eigenvalue weighted by Crippen LogP contribution is 2.36. The molecule has 1 aliphatic carbocycles. The fourth-order valence-corrected chi connectivity index (χ4v) is 2.28. The molecule has 0 aromatic carbocycles. The Labute approximate surface area is 98.6 Å². The van der Waals surface area contributed by atoms with Gasteiger partial charge in [-0.3, -0.25) is 4.68 Å². The first kappa shape index (κ1) is 11.8. The van der Waals surface area contributed by atoms with E-state index in [0.717, 1.165) is 5.56 Å². The van der Waals surface area contributed by atoms with Crippen molar-refractivity contribution < 1.29 is 8.78 Å². The van der Waals surface area contributed by atoms with Gasteiger partial charge >= 0.3 is 0 Å². The average Bonchev–Trinajstić information content (AvgIpc) is 2.50. The van der Waals surface area contributed by atoms with Gasteiger partial charge in [0.2, 0.25) is 5.92 Å². The lowest BCUT2D eigenvalue weighted by atomic mass is 9.87. The lowest BCUT2D eigenvalue weighted by Gasteiger charge is -2.28. The number of alkyl halides is 2. The summed E-state index contributed by atoms with van der Waals surface area (Å²) in [5, 5.41) is 4.64. The Bertz CT molecular complexity index is 347. The number of hydrogen-bond donors (Lipinski definition) is 0. The van der Waals surface area contributed by atoms with Gasteiger partial charge in [-0.25, -0.2) is 8.78 Å². The summed E-state index contributed by atoms with van der Waals surface area (Å²) < 4.78 is 27.7. The van der Waals surface area contributed by atoms with Crippen molar-refractivity contribution in [2.75, 3.05) is 0 Å². The van der Waals surface area contributed by atoms with Gasteiger partial charge < -0.3 is 0 Å². The van der Waals surface area contributed by atoms with Crippen molar-refractivity contribution in [1.29, 1.82) is 0 Å². The van der Waals surface area contributed by atoms with E-state index in [9.17, 15) is 8.78 Å². The molecule has 1 heterocycles. The van der Waals surface area contributed by atoms with Gasteiger partial charge in [0.15, 0.2) is 5.15 Å². The van der Waals surface area contributed by atoms with Gasteiger partial charge in [0, 0.05) is 31.1 Å². The van der Waals surface area contributed by atoms with Gasteiger partial charge in [0.1, 0.15) is 0 Å². The Hall–Kier alpha value is -0.640. The summed E-state index contributed by atoms with van der Waals surface area (Å²) in [6, 6.07) is 0. The zero-order valence-corrected chi connectivity index (χ0v) is 9.97. The maximum absolute atomic E-state index is 12.9. The van der Waals surface area contributed by atoms with Crippen LogP contribution in [0.25, 0.3) is 0 Å². The van der Waals surface area contributed by atoms with Crippen LogP contribution >= 0.6 is 11.6 Å². The van der Waals surface area contributed by atoms with Crippen molar-refractivity contribution in [3.05, 3.63) is 16.9 Å². The smallest absolute Gasteiger partial charge is 0.248 e. The first-order valence-corrected chi connectivity index (χ1v) is 5.91. The van der Waals surface area contributed by atoms with Crippen LogP contribution in [0.5, 0.6) is 0 Å². The molecule has 1 aromatic heterocycles. The minimum absolute atomic E-state index is 0.00560. The molecule has 2 rings (SSSR count). The molecule has 0 N–H and O–H groups in total. The molecule has 1 aromatic rings. The minimum atomic E-state index is -2.45. The van der Waals surface area contributed by atoms with Crippen molar-refractivity contribution in [3.63, 3.8) is 0 Å². The van der Waals surface area contributed by atoms with Crippen molar-refractivity contribution >= 4 is 11.6 Å². The molecular weight excluding hydrogens is 234 g/mol. The molecule has 16 heavy (non-hydrogen) atoms.